The summed E-state index contributed by atoms with van der Waals surface area (Å²) in [6.45, 7) is 5.70. The molecule has 0 atom stereocenters. The van der Waals surface area contributed by atoms with Crippen LogP contribution in [0.2, 0.25) is 0 Å². The Morgan fingerprint density at radius 2 is 1.81 bits per heavy atom. The number of nitrogens with two attached hydrogens (primary N) is 1. The predicted molar refractivity (Wildman–Crippen MR) is 121 cm³/mol. The quantitative estimate of drug-likeness (QED) is 0.382. The van der Waals surface area contributed by atoms with Crippen LogP contribution in [0.1, 0.15) is 36.1 Å². The van der Waals surface area contributed by atoms with Gasteiger partial charge < -0.3 is 11.1 Å². The number of hydrogen-bond acceptors (Lipinski definition) is 5. The molecule has 8 heteroatoms. The molecule has 0 bridgehead atoms. The summed E-state index contributed by atoms with van der Waals surface area (Å²) in [6.07, 6.45) is -3.11. The Kier molecular flexibility index (Phi) is 6.49. The summed E-state index contributed by atoms with van der Waals surface area (Å²) in [5, 5.41) is 11.5. The molecule has 1 heterocycles. The maximum atomic E-state index is 13.1. The third kappa shape index (κ3) is 5.24. The van der Waals surface area contributed by atoms with E-state index in [9.17, 15) is 13.2 Å². The summed E-state index contributed by atoms with van der Waals surface area (Å²) in [7, 11) is 0. The zero-order valence-corrected chi connectivity index (χ0v) is 17.8. The molecule has 0 aliphatic carbocycles. The van der Waals surface area contributed by atoms with E-state index >= 15 is 0 Å². The molecule has 3 aromatic rings. The van der Waals surface area contributed by atoms with E-state index in [4.69, 9.17) is 11.1 Å². The van der Waals surface area contributed by atoms with Gasteiger partial charge in [0.2, 0.25) is 0 Å². The van der Waals surface area contributed by atoms with Gasteiger partial charge in [-0.25, -0.2) is 9.97 Å². The van der Waals surface area contributed by atoms with Crippen molar-refractivity contribution in [2.75, 3.05) is 11.1 Å². The van der Waals surface area contributed by atoms with Gasteiger partial charge in [0.05, 0.1) is 11.1 Å². The average molecular weight is 437 g/mol. The number of nitrogens with zero attached hydrogens (tertiary/aromatic N) is 2. The zero-order valence-electron chi connectivity index (χ0n) is 17.8. The largest absolute Gasteiger partial charge is 0.416 e. The first-order valence-electron chi connectivity index (χ1n) is 9.82. The first-order valence-corrected chi connectivity index (χ1v) is 9.82. The van der Waals surface area contributed by atoms with Crippen molar-refractivity contribution in [3.8, 4) is 23.0 Å². The highest BCUT2D eigenvalue weighted by molar-refractivity contribution is 6.16. The van der Waals surface area contributed by atoms with E-state index < -0.39 is 11.7 Å². The Bertz CT molecular complexity index is 1220. The van der Waals surface area contributed by atoms with E-state index in [0.29, 0.717) is 28.1 Å². The lowest BCUT2D eigenvalue weighted by Gasteiger charge is -2.13. The Balaban J connectivity index is 1.97. The molecule has 0 fully saturated rings. The lowest BCUT2D eigenvalue weighted by molar-refractivity contribution is -0.137. The fraction of sp³-hybridized carbons (Fsp3) is 0.208. The molecule has 0 spiro atoms. The van der Waals surface area contributed by atoms with Crippen molar-refractivity contribution < 1.29 is 13.2 Å². The second-order valence-corrected chi connectivity index (χ2v) is 7.51. The molecule has 4 N–H and O–H groups in total. The number of hydrogen-bond donors (Lipinski definition) is 3. The van der Waals surface area contributed by atoms with Gasteiger partial charge in [-0.3, -0.25) is 5.41 Å². The predicted octanol–water partition coefficient (Wildman–Crippen LogP) is 5.29. The van der Waals surface area contributed by atoms with Gasteiger partial charge in [-0.05, 0) is 61.6 Å². The van der Waals surface area contributed by atoms with E-state index in [-0.39, 0.29) is 17.6 Å². The summed E-state index contributed by atoms with van der Waals surface area (Å²) < 4.78 is 39.2. The van der Waals surface area contributed by atoms with Crippen molar-refractivity contribution in [1.29, 1.82) is 5.41 Å². The summed E-state index contributed by atoms with van der Waals surface area (Å²) in [5.41, 5.74) is 7.95. The number of nitrogen functional groups attached to an aromatic ring is 1. The Morgan fingerprint density at radius 3 is 2.50 bits per heavy atom. The summed E-state index contributed by atoms with van der Waals surface area (Å²) >= 11 is 0. The van der Waals surface area contributed by atoms with Gasteiger partial charge in [0.25, 0.3) is 0 Å². The van der Waals surface area contributed by atoms with Crippen molar-refractivity contribution in [3.05, 3.63) is 71.0 Å². The maximum Gasteiger partial charge on any atom is 0.416 e. The molecule has 0 aliphatic heterocycles. The number of aryl methyl sites for hydroxylation is 1. The Hall–Kier alpha value is -3.86. The smallest absolute Gasteiger partial charge is 0.383 e. The number of alkyl halides is 3. The van der Waals surface area contributed by atoms with Gasteiger partial charge in [-0.1, -0.05) is 30.2 Å². The first-order chi connectivity index (χ1) is 15.1. The van der Waals surface area contributed by atoms with Crippen LogP contribution in [0, 0.1) is 24.2 Å². The van der Waals surface area contributed by atoms with Gasteiger partial charge in [-0.15, -0.1) is 0 Å². The van der Waals surface area contributed by atoms with Crippen LogP contribution in [-0.4, -0.2) is 21.7 Å². The van der Waals surface area contributed by atoms with E-state index in [0.717, 1.165) is 17.7 Å². The summed E-state index contributed by atoms with van der Waals surface area (Å²) in [4.78, 5) is 8.10. The van der Waals surface area contributed by atoms with Crippen LogP contribution in [0.25, 0.3) is 11.1 Å². The topological polar surface area (TPSA) is 87.7 Å². The van der Waals surface area contributed by atoms with E-state index in [1.807, 2.05) is 20.8 Å². The molecule has 5 nitrogen and oxygen atoms in total. The fourth-order valence-electron chi connectivity index (χ4n) is 3.03. The van der Waals surface area contributed by atoms with Gasteiger partial charge >= 0.3 is 6.18 Å². The molecular formula is C24H22F3N5. The molecule has 2 aromatic carbocycles. The molecule has 0 aliphatic rings. The highest BCUT2D eigenvalue weighted by Gasteiger charge is 2.30. The molecule has 0 unspecified atom stereocenters. The average Bonchev–Trinajstić information content (AvgIpc) is 2.72. The minimum Gasteiger partial charge on any atom is -0.383 e. The molecular weight excluding hydrogens is 415 g/mol. The van der Waals surface area contributed by atoms with Crippen molar-refractivity contribution in [1.82, 2.24) is 9.97 Å². The maximum absolute atomic E-state index is 13.1. The zero-order chi connectivity index (χ0) is 23.5. The van der Waals surface area contributed by atoms with Crippen LogP contribution in [0.3, 0.4) is 0 Å². The van der Waals surface area contributed by atoms with Crippen LogP contribution in [0.4, 0.5) is 24.8 Å². The number of aromatic nitrogens is 2. The van der Waals surface area contributed by atoms with E-state index in [1.165, 1.54) is 12.4 Å². The van der Waals surface area contributed by atoms with Crippen molar-refractivity contribution in [3.63, 3.8) is 0 Å². The van der Waals surface area contributed by atoms with Gasteiger partial charge in [0.1, 0.15) is 23.7 Å². The second-order valence-electron chi connectivity index (χ2n) is 7.51. The fourth-order valence-corrected chi connectivity index (χ4v) is 3.03. The highest BCUT2D eigenvalue weighted by atomic mass is 19.4. The molecule has 0 amide bonds. The van der Waals surface area contributed by atoms with Crippen LogP contribution in [0.15, 0.2) is 48.8 Å². The standard InChI is InChI=1S/C24H22F3N5/c1-14(2)32-23-21(22(29)30-13-31-23)20(28)10-9-16-11-18(8-7-15(16)3)17-5-4-6-19(12-17)24(25,26)27/h4-8,11-14,28H,1-3H3,(H3,29,30,31,32). The normalized spacial score (nSPS) is 11.1. The van der Waals surface area contributed by atoms with E-state index in [1.54, 1.807) is 24.3 Å². The molecule has 32 heavy (non-hydrogen) atoms. The molecule has 164 valence electrons. The van der Waals surface area contributed by atoms with Crippen molar-refractivity contribution >= 4 is 17.3 Å². The molecule has 0 saturated heterocycles. The van der Waals surface area contributed by atoms with E-state index in [2.05, 4.69) is 27.1 Å². The Labute approximate surface area is 184 Å². The van der Waals surface area contributed by atoms with Crippen molar-refractivity contribution in [2.24, 2.45) is 0 Å². The number of anilines is 2. The molecule has 1 aromatic heterocycles. The van der Waals surface area contributed by atoms with Gasteiger partial charge in [-0.2, -0.15) is 13.2 Å². The summed E-state index contributed by atoms with van der Waals surface area (Å²) in [5.74, 6) is 6.27. The third-order valence-corrected chi connectivity index (χ3v) is 4.63. The lowest BCUT2D eigenvalue weighted by atomic mass is 9.98. The van der Waals surface area contributed by atoms with Crippen LogP contribution in [-0.2, 0) is 6.18 Å². The number of halogens is 3. The SMILES string of the molecule is Cc1ccc(-c2cccc(C(F)(F)F)c2)cc1C#CC(=N)c1c(N)ncnc1NC(C)C. The van der Waals surface area contributed by atoms with Crippen LogP contribution in [0.5, 0.6) is 0 Å². The highest BCUT2D eigenvalue weighted by Crippen LogP contribution is 2.32. The van der Waals surface area contributed by atoms with Gasteiger partial charge in [0.15, 0.2) is 0 Å². The minimum atomic E-state index is -4.42. The number of benzene rings is 2. The summed E-state index contributed by atoms with van der Waals surface area (Å²) in [6, 6.07) is 10.4. The molecule has 0 saturated carbocycles. The first kappa shape index (κ1) is 22.8. The molecule has 3 rings (SSSR count). The number of rotatable bonds is 4. The monoisotopic (exact) mass is 437 g/mol. The third-order valence-electron chi connectivity index (χ3n) is 4.63. The van der Waals surface area contributed by atoms with Crippen LogP contribution < -0.4 is 11.1 Å². The lowest BCUT2D eigenvalue weighted by Crippen LogP contribution is -2.16. The van der Waals surface area contributed by atoms with Gasteiger partial charge in [0, 0.05) is 11.6 Å². The Morgan fingerprint density at radius 1 is 1.09 bits per heavy atom. The number of nitrogens with one attached hydrogen (secondary N) is 2. The molecule has 0 radical (unpaired) electrons. The minimum absolute atomic E-state index is 0.0601. The van der Waals surface area contributed by atoms with Crippen LogP contribution >= 0.6 is 0 Å². The second kappa shape index (κ2) is 9.10. The van der Waals surface area contributed by atoms with Crippen molar-refractivity contribution in [2.45, 2.75) is 33.0 Å².